The van der Waals surface area contributed by atoms with Crippen molar-refractivity contribution >= 4 is 11.9 Å². The summed E-state index contributed by atoms with van der Waals surface area (Å²) < 4.78 is 0. The number of rotatable bonds is 5. The largest absolute Gasteiger partial charge is 0.480 e. The maximum Gasteiger partial charge on any atom is 0.323 e. The zero-order valence-electron chi connectivity index (χ0n) is 15.6. The lowest BCUT2D eigenvalue weighted by molar-refractivity contribution is -0.146. The van der Waals surface area contributed by atoms with E-state index in [1.54, 1.807) is 0 Å². The van der Waals surface area contributed by atoms with Crippen LogP contribution in [0.1, 0.15) is 30.4 Å². The van der Waals surface area contributed by atoms with Crippen LogP contribution in [-0.4, -0.2) is 77.0 Å². The average Bonchev–Trinajstić information content (AvgIpc) is 2.78. The topological polar surface area (TPSA) is 64.1 Å². The highest BCUT2D eigenvalue weighted by atomic mass is 16.4. The highest BCUT2D eigenvalue weighted by molar-refractivity contribution is 5.85. The molecule has 0 aromatic heterocycles. The predicted octanol–water partition coefficient (Wildman–Crippen LogP) is 1.58. The molecular weight excluding hydrogens is 330 g/mol. The van der Waals surface area contributed by atoms with Crippen LogP contribution in [-0.2, 0) is 16.1 Å². The molecule has 2 heterocycles. The molecule has 142 valence electrons. The second kappa shape index (κ2) is 8.64. The van der Waals surface area contributed by atoms with Crippen LogP contribution in [0.5, 0.6) is 0 Å². The molecule has 1 N–H and O–H groups in total. The Balaban J connectivity index is 1.56. The van der Waals surface area contributed by atoms with Crippen molar-refractivity contribution in [2.24, 2.45) is 0 Å². The molecule has 0 bridgehead atoms. The van der Waals surface area contributed by atoms with Gasteiger partial charge in [-0.3, -0.25) is 19.4 Å². The zero-order chi connectivity index (χ0) is 18.5. The molecule has 2 saturated heterocycles. The van der Waals surface area contributed by atoms with Gasteiger partial charge in [-0.25, -0.2) is 0 Å². The van der Waals surface area contributed by atoms with E-state index in [4.69, 9.17) is 5.11 Å². The first kappa shape index (κ1) is 18.9. The van der Waals surface area contributed by atoms with Crippen LogP contribution in [0.15, 0.2) is 24.3 Å². The Morgan fingerprint density at radius 2 is 1.92 bits per heavy atom. The number of carbonyl (C=O) groups excluding carboxylic acids is 1. The second-order valence-electron chi connectivity index (χ2n) is 7.47. The summed E-state index contributed by atoms with van der Waals surface area (Å²) in [6, 6.07) is 8.45. The molecule has 2 aliphatic heterocycles. The van der Waals surface area contributed by atoms with Crippen LogP contribution < -0.4 is 0 Å². The van der Waals surface area contributed by atoms with E-state index in [1.807, 2.05) is 0 Å². The Labute approximate surface area is 155 Å². The summed E-state index contributed by atoms with van der Waals surface area (Å²) in [5.41, 5.74) is 2.61. The van der Waals surface area contributed by atoms with Crippen molar-refractivity contribution in [3.63, 3.8) is 0 Å². The first-order valence-electron chi connectivity index (χ1n) is 9.55. The van der Waals surface area contributed by atoms with Gasteiger partial charge in [-0.15, -0.1) is 0 Å². The summed E-state index contributed by atoms with van der Waals surface area (Å²) in [4.78, 5) is 30.1. The lowest BCUT2D eigenvalue weighted by Crippen LogP contribution is -2.55. The molecule has 0 aliphatic carbocycles. The minimum absolute atomic E-state index is 0.00275. The van der Waals surface area contributed by atoms with E-state index in [2.05, 4.69) is 41.0 Å². The van der Waals surface area contributed by atoms with Gasteiger partial charge in [0.2, 0.25) is 5.91 Å². The molecule has 1 atom stereocenters. The highest BCUT2D eigenvalue weighted by Crippen LogP contribution is 2.20. The van der Waals surface area contributed by atoms with Gasteiger partial charge in [-0.1, -0.05) is 29.8 Å². The van der Waals surface area contributed by atoms with Crippen molar-refractivity contribution in [3.05, 3.63) is 35.4 Å². The normalized spacial score (nSPS) is 23.0. The van der Waals surface area contributed by atoms with Crippen molar-refractivity contribution in [3.8, 4) is 0 Å². The predicted molar refractivity (Wildman–Crippen MR) is 99.9 cm³/mol. The molecule has 3 rings (SSSR count). The average molecular weight is 359 g/mol. The molecule has 6 heteroatoms. The number of hydrogen-bond donors (Lipinski definition) is 1. The number of likely N-dealkylation sites (tertiary alicyclic amines) is 1. The van der Waals surface area contributed by atoms with Gasteiger partial charge in [-0.2, -0.15) is 0 Å². The van der Waals surface area contributed by atoms with Gasteiger partial charge in [0.05, 0.1) is 6.04 Å². The van der Waals surface area contributed by atoms with E-state index in [1.165, 1.54) is 16.0 Å². The number of carboxylic acids is 1. The Morgan fingerprint density at radius 1 is 1.15 bits per heavy atom. The molecular formula is C20H29N3O3. The third-order valence-electron chi connectivity index (χ3n) is 5.41. The van der Waals surface area contributed by atoms with Gasteiger partial charge in [0.1, 0.15) is 6.54 Å². The van der Waals surface area contributed by atoms with Gasteiger partial charge in [0.15, 0.2) is 0 Å². The van der Waals surface area contributed by atoms with Gasteiger partial charge in [-0.05, 0) is 31.7 Å². The summed E-state index contributed by atoms with van der Waals surface area (Å²) in [7, 11) is 0. The van der Waals surface area contributed by atoms with E-state index in [9.17, 15) is 9.59 Å². The van der Waals surface area contributed by atoms with Crippen LogP contribution in [0.3, 0.4) is 0 Å². The van der Waals surface area contributed by atoms with E-state index in [0.717, 1.165) is 52.0 Å². The van der Waals surface area contributed by atoms with Crippen LogP contribution in [0.25, 0.3) is 0 Å². The fourth-order valence-electron chi connectivity index (χ4n) is 4.05. The molecule has 6 nitrogen and oxygen atoms in total. The summed E-state index contributed by atoms with van der Waals surface area (Å²) in [5.74, 6) is -0.931. The first-order chi connectivity index (χ1) is 12.5. The van der Waals surface area contributed by atoms with Crippen molar-refractivity contribution in [2.45, 2.75) is 38.8 Å². The number of hydrogen-bond acceptors (Lipinski definition) is 4. The summed E-state index contributed by atoms with van der Waals surface area (Å²) in [6.07, 6.45) is 2.71. The molecule has 0 radical (unpaired) electrons. The highest BCUT2D eigenvalue weighted by Gasteiger charge is 2.34. The molecule has 1 aromatic rings. The smallest absolute Gasteiger partial charge is 0.323 e. The Morgan fingerprint density at radius 3 is 2.62 bits per heavy atom. The Bertz CT molecular complexity index is 641. The molecule has 1 unspecified atom stereocenters. The van der Waals surface area contributed by atoms with E-state index < -0.39 is 5.97 Å². The fourth-order valence-corrected chi connectivity index (χ4v) is 4.05. The molecule has 1 amide bonds. The molecule has 0 spiro atoms. The third-order valence-corrected chi connectivity index (χ3v) is 5.41. The number of benzene rings is 1. The van der Waals surface area contributed by atoms with Crippen LogP contribution in [0.4, 0.5) is 0 Å². The zero-order valence-corrected chi connectivity index (χ0v) is 15.6. The monoisotopic (exact) mass is 359 g/mol. The maximum absolute atomic E-state index is 12.8. The Hall–Kier alpha value is -1.92. The van der Waals surface area contributed by atoms with Crippen LogP contribution in [0.2, 0.25) is 0 Å². The van der Waals surface area contributed by atoms with Crippen LogP contribution in [0, 0.1) is 6.92 Å². The van der Waals surface area contributed by atoms with Crippen molar-refractivity contribution in [1.82, 2.24) is 14.7 Å². The van der Waals surface area contributed by atoms with Gasteiger partial charge in [0.25, 0.3) is 0 Å². The number of nitrogens with zero attached hydrogens (tertiary/aromatic N) is 3. The fraction of sp³-hybridized carbons (Fsp3) is 0.600. The number of aliphatic carboxylic acids is 1. The molecule has 26 heavy (non-hydrogen) atoms. The lowest BCUT2D eigenvalue weighted by atomic mass is 10.1. The Kier molecular flexibility index (Phi) is 6.27. The molecule has 1 aromatic carbocycles. The molecule has 2 aliphatic rings. The quantitative estimate of drug-likeness (QED) is 0.865. The van der Waals surface area contributed by atoms with Gasteiger partial charge < -0.3 is 10.0 Å². The first-order valence-corrected chi connectivity index (χ1v) is 9.55. The van der Waals surface area contributed by atoms with Crippen molar-refractivity contribution < 1.29 is 14.7 Å². The molecule has 2 fully saturated rings. The van der Waals surface area contributed by atoms with E-state index in [-0.39, 0.29) is 18.5 Å². The maximum atomic E-state index is 12.8. The van der Waals surface area contributed by atoms with E-state index in [0.29, 0.717) is 6.54 Å². The number of carboxylic acid groups (broad SMARTS) is 1. The lowest BCUT2D eigenvalue weighted by Gasteiger charge is -2.39. The standard InChI is InChI=1S/C20H29N3O3/c1-16-5-4-6-17(13-16)14-21-9-11-22(12-10-21)18-7-2-3-8-23(20(18)26)15-19(24)25/h4-6,13,18H,2-3,7-12,14-15H2,1H3,(H,24,25). The van der Waals surface area contributed by atoms with Crippen molar-refractivity contribution in [1.29, 1.82) is 0 Å². The van der Waals surface area contributed by atoms with E-state index >= 15 is 0 Å². The second-order valence-corrected chi connectivity index (χ2v) is 7.47. The SMILES string of the molecule is Cc1cccc(CN2CCN(C3CCCCN(CC(=O)O)C3=O)CC2)c1. The minimum atomic E-state index is -0.929. The van der Waals surface area contributed by atoms with Gasteiger partial charge in [0, 0.05) is 39.3 Å². The van der Waals surface area contributed by atoms with Crippen molar-refractivity contribution in [2.75, 3.05) is 39.3 Å². The summed E-state index contributed by atoms with van der Waals surface area (Å²) in [6.45, 7) is 7.05. The number of piperazine rings is 1. The van der Waals surface area contributed by atoms with Crippen LogP contribution >= 0.6 is 0 Å². The molecule has 0 saturated carbocycles. The number of aryl methyl sites for hydroxylation is 1. The number of amides is 1. The minimum Gasteiger partial charge on any atom is -0.480 e. The van der Waals surface area contributed by atoms with Gasteiger partial charge >= 0.3 is 5.97 Å². The number of carbonyl (C=O) groups is 2. The summed E-state index contributed by atoms with van der Waals surface area (Å²) in [5, 5.41) is 9.05. The third kappa shape index (κ3) is 4.83. The summed E-state index contributed by atoms with van der Waals surface area (Å²) >= 11 is 0.